The van der Waals surface area contributed by atoms with Crippen LogP contribution in [0.4, 0.5) is 9.52 Å². The van der Waals surface area contributed by atoms with Crippen molar-refractivity contribution in [2.45, 2.75) is 12.8 Å². The summed E-state index contributed by atoms with van der Waals surface area (Å²) in [4.78, 5) is 21.7. The van der Waals surface area contributed by atoms with Crippen LogP contribution in [0.5, 0.6) is 0 Å². The molecule has 1 heterocycles. The van der Waals surface area contributed by atoms with Crippen LogP contribution in [-0.4, -0.2) is 43.0 Å². The van der Waals surface area contributed by atoms with Crippen molar-refractivity contribution < 1.29 is 9.18 Å². The molecule has 3 aromatic carbocycles. The number of carbonyl (C=O) groups excluding carboxylic acids is 1. The van der Waals surface area contributed by atoms with Gasteiger partial charge >= 0.3 is 0 Å². The molecule has 4 aromatic rings. The molecule has 1 aromatic heterocycles. The van der Waals surface area contributed by atoms with Gasteiger partial charge in [0.2, 0.25) is 0 Å². The van der Waals surface area contributed by atoms with Crippen LogP contribution >= 0.6 is 11.3 Å². The van der Waals surface area contributed by atoms with Gasteiger partial charge in [-0.3, -0.25) is 9.69 Å². The van der Waals surface area contributed by atoms with Crippen LogP contribution in [0.2, 0.25) is 0 Å². The second kappa shape index (κ2) is 10.0. The van der Waals surface area contributed by atoms with Crippen molar-refractivity contribution in [3.05, 3.63) is 95.3 Å². The molecule has 0 spiro atoms. The minimum absolute atomic E-state index is 0.116. The molecule has 0 aliphatic rings. The Morgan fingerprint density at radius 1 is 0.906 bits per heavy atom. The molecule has 0 N–H and O–H groups in total. The summed E-state index contributed by atoms with van der Waals surface area (Å²) in [6.07, 6.45) is 1.61. The van der Waals surface area contributed by atoms with Gasteiger partial charge in [0.1, 0.15) is 11.3 Å². The number of carbonyl (C=O) groups is 1. The maximum absolute atomic E-state index is 14.2. The van der Waals surface area contributed by atoms with E-state index in [2.05, 4.69) is 22.0 Å². The Morgan fingerprint density at radius 3 is 2.31 bits per heavy atom. The lowest BCUT2D eigenvalue weighted by Gasteiger charge is -2.21. The molecule has 32 heavy (non-hydrogen) atoms. The number of aromatic nitrogens is 1. The molecular formula is C26H26FN3OS. The zero-order chi connectivity index (χ0) is 22.5. The zero-order valence-electron chi connectivity index (χ0n) is 18.3. The number of benzene rings is 3. The fourth-order valence-corrected chi connectivity index (χ4v) is 4.60. The lowest BCUT2D eigenvalue weighted by atomic mass is 10.0. The summed E-state index contributed by atoms with van der Waals surface area (Å²) in [5.41, 5.74) is 3.30. The Balaban J connectivity index is 1.58. The van der Waals surface area contributed by atoms with Gasteiger partial charge in [-0.15, -0.1) is 0 Å². The highest BCUT2D eigenvalue weighted by Crippen LogP contribution is 2.31. The third-order valence-corrected chi connectivity index (χ3v) is 6.32. The molecule has 0 saturated carbocycles. The number of rotatable bonds is 8. The van der Waals surface area contributed by atoms with E-state index in [0.29, 0.717) is 22.8 Å². The van der Waals surface area contributed by atoms with Crippen molar-refractivity contribution >= 4 is 32.6 Å². The highest BCUT2D eigenvalue weighted by atomic mass is 32.1. The average molecular weight is 448 g/mol. The first-order valence-corrected chi connectivity index (χ1v) is 11.5. The molecule has 4 nitrogen and oxygen atoms in total. The monoisotopic (exact) mass is 447 g/mol. The van der Waals surface area contributed by atoms with E-state index in [1.807, 2.05) is 62.6 Å². The van der Waals surface area contributed by atoms with Gasteiger partial charge in [-0.1, -0.05) is 59.9 Å². The van der Waals surface area contributed by atoms with E-state index < -0.39 is 0 Å². The molecule has 0 unspecified atom stereocenters. The van der Waals surface area contributed by atoms with Gasteiger partial charge in [-0.2, -0.15) is 0 Å². The third kappa shape index (κ3) is 5.21. The molecule has 164 valence electrons. The van der Waals surface area contributed by atoms with E-state index in [1.54, 1.807) is 11.0 Å². The van der Waals surface area contributed by atoms with E-state index in [1.165, 1.54) is 23.0 Å². The Bertz CT molecular complexity index is 1190. The number of halogens is 1. The molecule has 0 aliphatic heterocycles. The van der Waals surface area contributed by atoms with Crippen molar-refractivity contribution in [1.82, 2.24) is 9.88 Å². The van der Waals surface area contributed by atoms with E-state index in [4.69, 9.17) is 0 Å². The first-order chi connectivity index (χ1) is 15.5. The van der Waals surface area contributed by atoms with Gasteiger partial charge in [0.25, 0.3) is 5.91 Å². The summed E-state index contributed by atoms with van der Waals surface area (Å²) in [6.45, 7) is 1.36. The quantitative estimate of drug-likeness (QED) is 0.351. The van der Waals surface area contributed by atoms with E-state index in [-0.39, 0.29) is 11.7 Å². The van der Waals surface area contributed by atoms with Crippen molar-refractivity contribution in [3.8, 4) is 0 Å². The molecule has 1 amide bonds. The van der Waals surface area contributed by atoms with E-state index in [0.717, 1.165) is 29.6 Å². The van der Waals surface area contributed by atoms with Gasteiger partial charge in [0.15, 0.2) is 5.13 Å². The second-order valence-corrected chi connectivity index (χ2v) is 9.07. The SMILES string of the molecule is CN(C)CCCN(C(=O)c1ccc(Cc2ccccc2)cc1)c1nc2c(F)cccc2s1. The molecule has 0 atom stereocenters. The summed E-state index contributed by atoms with van der Waals surface area (Å²) in [5.74, 6) is -0.481. The lowest BCUT2D eigenvalue weighted by molar-refractivity contribution is 0.0986. The van der Waals surface area contributed by atoms with Gasteiger partial charge < -0.3 is 4.90 Å². The zero-order valence-corrected chi connectivity index (χ0v) is 19.1. The topological polar surface area (TPSA) is 36.4 Å². The molecule has 0 bridgehead atoms. The third-order valence-electron chi connectivity index (χ3n) is 5.27. The number of thiazole rings is 1. The standard InChI is InChI=1S/C26H26FN3OS/c1-29(2)16-7-17-30(26-28-24-22(27)10-6-11-23(24)32-26)25(31)21-14-12-20(13-15-21)18-19-8-4-3-5-9-19/h3-6,8-15H,7,16-18H2,1-2H3. The van der Waals surface area contributed by atoms with E-state index >= 15 is 0 Å². The van der Waals surface area contributed by atoms with Crippen LogP contribution in [0.1, 0.15) is 27.9 Å². The summed E-state index contributed by atoms with van der Waals surface area (Å²) >= 11 is 1.35. The fourth-order valence-electron chi connectivity index (χ4n) is 3.60. The molecule has 0 aliphatic carbocycles. The minimum atomic E-state index is -0.365. The highest BCUT2D eigenvalue weighted by molar-refractivity contribution is 7.22. The van der Waals surface area contributed by atoms with Crippen molar-refractivity contribution in [2.24, 2.45) is 0 Å². The summed E-state index contributed by atoms with van der Waals surface area (Å²) in [7, 11) is 4.01. The van der Waals surface area contributed by atoms with Crippen LogP contribution in [0.25, 0.3) is 10.2 Å². The molecule has 4 rings (SSSR count). The molecular weight excluding hydrogens is 421 g/mol. The number of amides is 1. The van der Waals surface area contributed by atoms with Gasteiger partial charge in [-0.25, -0.2) is 9.37 Å². The first kappa shape index (κ1) is 22.1. The smallest absolute Gasteiger partial charge is 0.260 e. The summed E-state index contributed by atoms with van der Waals surface area (Å²) in [6, 6.07) is 22.9. The highest BCUT2D eigenvalue weighted by Gasteiger charge is 2.22. The van der Waals surface area contributed by atoms with Crippen LogP contribution in [0, 0.1) is 5.82 Å². The Kier molecular flexibility index (Phi) is 6.93. The number of nitrogens with zero attached hydrogens (tertiary/aromatic N) is 3. The average Bonchev–Trinajstić information content (AvgIpc) is 3.23. The van der Waals surface area contributed by atoms with Gasteiger partial charge in [0, 0.05) is 12.1 Å². The number of anilines is 1. The van der Waals surface area contributed by atoms with Crippen LogP contribution in [-0.2, 0) is 6.42 Å². The Morgan fingerprint density at radius 2 is 1.62 bits per heavy atom. The van der Waals surface area contributed by atoms with Crippen molar-refractivity contribution in [3.63, 3.8) is 0 Å². The molecule has 0 saturated heterocycles. The van der Waals surface area contributed by atoms with Crippen molar-refractivity contribution in [2.75, 3.05) is 32.1 Å². The number of para-hydroxylation sites is 1. The minimum Gasteiger partial charge on any atom is -0.309 e. The van der Waals surface area contributed by atoms with Crippen LogP contribution < -0.4 is 4.90 Å². The summed E-state index contributed by atoms with van der Waals surface area (Å²) in [5, 5.41) is 0.530. The largest absolute Gasteiger partial charge is 0.309 e. The van der Waals surface area contributed by atoms with Gasteiger partial charge in [-0.05, 0) is 68.9 Å². The van der Waals surface area contributed by atoms with Gasteiger partial charge in [0.05, 0.1) is 4.70 Å². The molecule has 0 fully saturated rings. The number of fused-ring (bicyclic) bond motifs is 1. The number of hydrogen-bond acceptors (Lipinski definition) is 4. The van der Waals surface area contributed by atoms with Crippen LogP contribution in [0.15, 0.2) is 72.8 Å². The Hall–Kier alpha value is -3.09. The van der Waals surface area contributed by atoms with Crippen LogP contribution in [0.3, 0.4) is 0 Å². The maximum Gasteiger partial charge on any atom is 0.260 e. The molecule has 0 radical (unpaired) electrons. The number of hydrogen-bond donors (Lipinski definition) is 0. The Labute approximate surface area is 191 Å². The normalized spacial score (nSPS) is 11.2. The fraction of sp³-hybridized carbons (Fsp3) is 0.231. The second-order valence-electron chi connectivity index (χ2n) is 8.06. The summed E-state index contributed by atoms with van der Waals surface area (Å²) < 4.78 is 14.9. The maximum atomic E-state index is 14.2. The first-order valence-electron chi connectivity index (χ1n) is 10.7. The van der Waals surface area contributed by atoms with Crippen molar-refractivity contribution in [1.29, 1.82) is 0 Å². The predicted molar refractivity (Wildman–Crippen MR) is 130 cm³/mol. The predicted octanol–water partition coefficient (Wildman–Crippen LogP) is 5.62. The van der Waals surface area contributed by atoms with E-state index in [9.17, 15) is 9.18 Å². The molecule has 6 heteroatoms. The lowest BCUT2D eigenvalue weighted by Crippen LogP contribution is -2.33.